The van der Waals surface area contributed by atoms with Crippen molar-refractivity contribution in [2.45, 2.75) is 78.1 Å². The van der Waals surface area contributed by atoms with Gasteiger partial charge in [0.25, 0.3) is 0 Å². The second-order valence-corrected chi connectivity index (χ2v) is 10.2. The molecule has 4 aromatic rings. The van der Waals surface area contributed by atoms with Gasteiger partial charge in [-0.2, -0.15) is 0 Å². The Kier molecular flexibility index (Phi) is 5.30. The third-order valence-corrected chi connectivity index (χ3v) is 7.17. The number of aryl methyl sites for hydroxylation is 3. The average Bonchev–Trinajstić information content (AvgIpc) is 3.09. The van der Waals surface area contributed by atoms with Crippen molar-refractivity contribution in [2.24, 2.45) is 0 Å². The van der Waals surface area contributed by atoms with Gasteiger partial charge in [0.05, 0.1) is 5.69 Å². The lowest BCUT2D eigenvalue weighted by Gasteiger charge is -2.28. The molecule has 2 nitrogen and oxygen atoms in total. The van der Waals surface area contributed by atoms with E-state index in [1.165, 1.54) is 11.1 Å². The fourth-order valence-electron chi connectivity index (χ4n) is 5.45. The van der Waals surface area contributed by atoms with E-state index in [1.807, 2.05) is 6.92 Å². The minimum Gasteiger partial charge on any atom is -0.460 e. The van der Waals surface area contributed by atoms with E-state index in [0.717, 1.165) is 50.0 Å². The molecule has 0 atom stereocenters. The number of benzene rings is 2. The van der Waals surface area contributed by atoms with E-state index in [9.17, 15) is 8.78 Å². The van der Waals surface area contributed by atoms with Gasteiger partial charge in [-0.05, 0) is 79.8 Å². The lowest BCUT2D eigenvalue weighted by Crippen LogP contribution is -2.23. The number of aromatic nitrogens is 1. The number of hydrogen-bond donors (Lipinski definition) is 0. The monoisotopic (exact) mass is 447 g/mol. The molecule has 1 aliphatic carbocycles. The van der Waals surface area contributed by atoms with Crippen molar-refractivity contribution in [3.8, 4) is 11.3 Å². The molecular weight excluding hydrogens is 416 g/mol. The van der Waals surface area contributed by atoms with Gasteiger partial charge in [0.1, 0.15) is 11.3 Å². The zero-order valence-corrected chi connectivity index (χ0v) is 20.1. The van der Waals surface area contributed by atoms with Gasteiger partial charge in [0.2, 0.25) is 5.92 Å². The van der Waals surface area contributed by atoms with Crippen LogP contribution in [0.3, 0.4) is 0 Å². The zero-order chi connectivity index (χ0) is 23.5. The number of nitrogens with zero attached hydrogens (tertiary/aromatic N) is 1. The van der Waals surface area contributed by atoms with Crippen molar-refractivity contribution in [3.05, 3.63) is 64.5 Å². The summed E-state index contributed by atoms with van der Waals surface area (Å²) in [5.41, 5.74) is 7.28. The molecule has 33 heavy (non-hydrogen) atoms. The van der Waals surface area contributed by atoms with Crippen molar-refractivity contribution >= 4 is 21.7 Å². The van der Waals surface area contributed by atoms with Crippen molar-refractivity contribution in [1.29, 1.82) is 0 Å². The Morgan fingerprint density at radius 1 is 0.970 bits per heavy atom. The van der Waals surface area contributed by atoms with Gasteiger partial charge in [-0.1, -0.05) is 32.0 Å². The van der Waals surface area contributed by atoms with E-state index in [-0.39, 0.29) is 18.8 Å². The first-order chi connectivity index (χ1) is 15.6. The van der Waals surface area contributed by atoms with Crippen LogP contribution < -0.4 is 0 Å². The van der Waals surface area contributed by atoms with Gasteiger partial charge >= 0.3 is 0 Å². The minimum absolute atomic E-state index is 0.0202. The Hall–Kier alpha value is -2.75. The predicted octanol–water partition coefficient (Wildman–Crippen LogP) is 8.99. The van der Waals surface area contributed by atoms with E-state index in [2.05, 4.69) is 64.1 Å². The Morgan fingerprint density at radius 2 is 1.70 bits per heavy atom. The average molecular weight is 448 g/mol. The van der Waals surface area contributed by atoms with Gasteiger partial charge in [-0.15, -0.1) is 0 Å². The summed E-state index contributed by atoms with van der Waals surface area (Å²) in [6.07, 6.45) is 1.04. The lowest BCUT2D eigenvalue weighted by atomic mass is 9.81. The molecule has 5 rings (SSSR count). The number of pyridine rings is 1. The molecule has 2 aromatic carbocycles. The maximum absolute atomic E-state index is 13.7. The molecule has 1 saturated carbocycles. The van der Waals surface area contributed by atoms with Crippen molar-refractivity contribution < 1.29 is 13.2 Å². The summed E-state index contributed by atoms with van der Waals surface area (Å²) in [6, 6.07) is 12.9. The molecule has 0 amide bonds. The van der Waals surface area contributed by atoms with Crippen LogP contribution in [0.25, 0.3) is 33.0 Å². The fraction of sp³-hybridized carbons (Fsp3) is 0.414. The third kappa shape index (κ3) is 3.94. The molecular formula is C29H31F2NO. The van der Waals surface area contributed by atoms with Gasteiger partial charge in [-0.25, -0.2) is 8.78 Å². The van der Waals surface area contributed by atoms with E-state index >= 15 is 0 Å². The predicted molar refractivity (Wildman–Crippen MR) is 131 cm³/mol. The van der Waals surface area contributed by atoms with Gasteiger partial charge in [-0.3, -0.25) is 4.98 Å². The number of halogens is 2. The van der Waals surface area contributed by atoms with Crippen LogP contribution in [0.5, 0.6) is 0 Å². The van der Waals surface area contributed by atoms with Gasteiger partial charge in [0, 0.05) is 40.8 Å². The summed E-state index contributed by atoms with van der Waals surface area (Å²) in [5.74, 6) is -0.991. The standard InChI is InChI=1S/C29H31F2NO/c1-16(2)27-19(5)24-12-17(3)13-25(28(24)33-27)26-23-7-6-21(15-22(23)14-18(4)32-26)20-8-10-29(30,31)11-9-20/h6-7,12-16,20H,8-11H2,1-5H3. The topological polar surface area (TPSA) is 26.0 Å². The van der Waals surface area contributed by atoms with Crippen LogP contribution >= 0.6 is 0 Å². The number of furan rings is 1. The molecule has 0 saturated heterocycles. The molecule has 1 aliphatic rings. The SMILES string of the molecule is Cc1cc(-c2nc(C)cc3cc(C4CCC(F)(F)CC4)ccc23)c2oc(C(C)C)c(C)c2c1. The van der Waals surface area contributed by atoms with Crippen molar-refractivity contribution in [3.63, 3.8) is 0 Å². The summed E-state index contributed by atoms with van der Waals surface area (Å²) in [4.78, 5) is 4.95. The summed E-state index contributed by atoms with van der Waals surface area (Å²) in [6.45, 7) is 10.6. The van der Waals surface area contributed by atoms with E-state index < -0.39 is 5.92 Å². The van der Waals surface area contributed by atoms with Crippen molar-refractivity contribution in [2.75, 3.05) is 0 Å². The normalized spacial score (nSPS) is 16.8. The second-order valence-electron chi connectivity index (χ2n) is 10.2. The molecule has 0 spiro atoms. The smallest absolute Gasteiger partial charge is 0.248 e. The molecule has 0 bridgehead atoms. The summed E-state index contributed by atoms with van der Waals surface area (Å²) in [5, 5.41) is 3.32. The highest BCUT2D eigenvalue weighted by Crippen LogP contribution is 2.43. The highest BCUT2D eigenvalue weighted by molar-refractivity contribution is 6.03. The van der Waals surface area contributed by atoms with Crippen molar-refractivity contribution in [1.82, 2.24) is 4.98 Å². The minimum atomic E-state index is -2.51. The summed E-state index contributed by atoms with van der Waals surface area (Å²) in [7, 11) is 0. The van der Waals surface area contributed by atoms with Crippen LogP contribution in [0.4, 0.5) is 8.78 Å². The van der Waals surface area contributed by atoms with Gasteiger partial charge < -0.3 is 4.42 Å². The molecule has 172 valence electrons. The van der Waals surface area contributed by atoms with E-state index in [0.29, 0.717) is 18.8 Å². The number of alkyl halides is 2. The zero-order valence-electron chi connectivity index (χ0n) is 20.1. The molecule has 2 heterocycles. The quantitative estimate of drug-likeness (QED) is 0.313. The van der Waals surface area contributed by atoms with Crippen LogP contribution in [-0.2, 0) is 0 Å². The highest BCUT2D eigenvalue weighted by atomic mass is 19.3. The second kappa shape index (κ2) is 7.93. The first-order valence-corrected chi connectivity index (χ1v) is 12.0. The van der Waals surface area contributed by atoms with Gasteiger partial charge in [0.15, 0.2) is 0 Å². The highest BCUT2D eigenvalue weighted by Gasteiger charge is 2.35. The molecule has 0 radical (unpaired) electrons. The maximum Gasteiger partial charge on any atom is 0.248 e. The summed E-state index contributed by atoms with van der Waals surface area (Å²) < 4.78 is 33.7. The molecule has 0 unspecified atom stereocenters. The maximum atomic E-state index is 13.7. The van der Waals surface area contributed by atoms with E-state index in [1.54, 1.807) is 0 Å². The molecule has 2 aromatic heterocycles. The Bertz CT molecular complexity index is 1360. The van der Waals surface area contributed by atoms with Crippen LogP contribution in [0.15, 0.2) is 40.8 Å². The Balaban J connectivity index is 1.66. The molecule has 4 heteroatoms. The Morgan fingerprint density at radius 3 is 2.39 bits per heavy atom. The Labute approximate surface area is 194 Å². The van der Waals surface area contributed by atoms with E-state index in [4.69, 9.17) is 9.40 Å². The molecule has 0 aliphatic heterocycles. The number of fused-ring (bicyclic) bond motifs is 2. The van der Waals surface area contributed by atoms with Crippen LogP contribution in [0.1, 0.15) is 79.5 Å². The molecule has 1 fully saturated rings. The third-order valence-electron chi connectivity index (χ3n) is 7.17. The largest absolute Gasteiger partial charge is 0.460 e. The first-order valence-electron chi connectivity index (χ1n) is 12.0. The number of rotatable bonds is 3. The lowest BCUT2D eigenvalue weighted by molar-refractivity contribution is -0.0382. The number of hydrogen-bond acceptors (Lipinski definition) is 2. The molecule has 0 N–H and O–H groups in total. The van der Waals surface area contributed by atoms with Crippen LogP contribution in [0, 0.1) is 20.8 Å². The fourth-order valence-corrected chi connectivity index (χ4v) is 5.45. The van der Waals surface area contributed by atoms with Crippen LogP contribution in [-0.4, -0.2) is 10.9 Å². The summed E-state index contributed by atoms with van der Waals surface area (Å²) >= 11 is 0. The first kappa shape index (κ1) is 22.1. The van der Waals surface area contributed by atoms with Crippen LogP contribution in [0.2, 0.25) is 0 Å².